The molecule has 1 unspecified atom stereocenters. The molecule has 8 nitrogen and oxygen atoms in total. The number of hydrogen-bond acceptors (Lipinski definition) is 5. The molecule has 1 atom stereocenters. The average Bonchev–Trinajstić information content (AvgIpc) is 3.08. The first kappa shape index (κ1) is 20.7. The van der Waals surface area contributed by atoms with Crippen LogP contribution in [0.2, 0.25) is 0 Å². The van der Waals surface area contributed by atoms with Gasteiger partial charge in [0.1, 0.15) is 0 Å². The lowest BCUT2D eigenvalue weighted by atomic mass is 9.98. The van der Waals surface area contributed by atoms with Gasteiger partial charge in [0.05, 0.1) is 5.52 Å². The Hall–Kier alpha value is -2.61. The van der Waals surface area contributed by atoms with Gasteiger partial charge in [-0.2, -0.15) is 0 Å². The maximum atomic E-state index is 12.9. The second kappa shape index (κ2) is 9.04. The summed E-state index contributed by atoms with van der Waals surface area (Å²) in [7, 11) is 0. The second-order valence-corrected chi connectivity index (χ2v) is 8.14. The van der Waals surface area contributed by atoms with Crippen LogP contribution in [0.3, 0.4) is 0 Å². The molecule has 0 bridgehead atoms. The van der Waals surface area contributed by atoms with Crippen LogP contribution in [-0.4, -0.2) is 64.6 Å². The van der Waals surface area contributed by atoms with Crippen molar-refractivity contribution in [2.45, 2.75) is 57.7 Å². The van der Waals surface area contributed by atoms with E-state index in [-0.39, 0.29) is 36.9 Å². The zero-order chi connectivity index (χ0) is 21.1. The molecule has 2 aliphatic heterocycles. The maximum Gasteiger partial charge on any atom is 0.419 e. The van der Waals surface area contributed by atoms with Crippen molar-refractivity contribution in [2.75, 3.05) is 26.3 Å². The highest BCUT2D eigenvalue weighted by atomic mass is 16.5. The fraction of sp³-hybridized carbons (Fsp3) is 0.591. The predicted molar refractivity (Wildman–Crippen MR) is 111 cm³/mol. The molecule has 162 valence electrons. The summed E-state index contributed by atoms with van der Waals surface area (Å²) in [5.41, 5.74) is 1.23. The first-order valence-electron chi connectivity index (χ1n) is 10.8. The second-order valence-electron chi connectivity index (χ2n) is 8.14. The fourth-order valence-corrected chi connectivity index (χ4v) is 4.78. The summed E-state index contributed by atoms with van der Waals surface area (Å²) in [6, 6.07) is 7.45. The SMILES string of the molecule is CC(=O)N(C1CCOCC1)C1CCCN(C(=O)CCn2c(=O)oc3ccccc32)C1. The Morgan fingerprint density at radius 3 is 2.67 bits per heavy atom. The Bertz CT molecular complexity index is 959. The van der Waals surface area contributed by atoms with Crippen LogP contribution in [0.5, 0.6) is 0 Å². The normalized spacial score (nSPS) is 20.4. The minimum Gasteiger partial charge on any atom is -0.408 e. The number of nitrogens with zero attached hydrogens (tertiary/aromatic N) is 3. The quantitative estimate of drug-likeness (QED) is 0.746. The number of fused-ring (bicyclic) bond motifs is 1. The summed E-state index contributed by atoms with van der Waals surface area (Å²) in [6.45, 7) is 4.50. The topological polar surface area (TPSA) is 85.0 Å². The Labute approximate surface area is 175 Å². The standard InChI is InChI=1S/C22H29N3O5/c1-16(26)25(17-9-13-29-14-10-17)18-5-4-11-23(15-18)21(27)8-12-24-19-6-2-3-7-20(19)30-22(24)28/h2-3,6-7,17-18H,4-5,8-15H2,1H3. The number of ether oxygens (including phenoxy) is 1. The average molecular weight is 415 g/mol. The van der Waals surface area contributed by atoms with Gasteiger partial charge in [0.25, 0.3) is 0 Å². The molecule has 2 amide bonds. The van der Waals surface area contributed by atoms with Gasteiger partial charge in [-0.15, -0.1) is 0 Å². The molecular formula is C22H29N3O5. The van der Waals surface area contributed by atoms with Crippen LogP contribution < -0.4 is 5.76 Å². The van der Waals surface area contributed by atoms with E-state index in [2.05, 4.69) is 0 Å². The number of rotatable bonds is 5. The number of amides is 2. The summed E-state index contributed by atoms with van der Waals surface area (Å²) in [6.07, 6.45) is 3.71. The van der Waals surface area contributed by atoms with Crippen LogP contribution in [0.15, 0.2) is 33.5 Å². The summed E-state index contributed by atoms with van der Waals surface area (Å²) in [5.74, 6) is -0.368. The van der Waals surface area contributed by atoms with E-state index in [9.17, 15) is 14.4 Å². The predicted octanol–water partition coefficient (Wildman–Crippen LogP) is 2.00. The van der Waals surface area contributed by atoms with Crippen molar-refractivity contribution in [3.63, 3.8) is 0 Å². The highest BCUT2D eigenvalue weighted by molar-refractivity contribution is 5.78. The molecular weight excluding hydrogens is 386 g/mol. The van der Waals surface area contributed by atoms with E-state index >= 15 is 0 Å². The van der Waals surface area contributed by atoms with Crippen molar-refractivity contribution in [1.29, 1.82) is 0 Å². The van der Waals surface area contributed by atoms with E-state index in [0.29, 0.717) is 37.4 Å². The summed E-state index contributed by atoms with van der Waals surface area (Å²) in [5, 5.41) is 0. The van der Waals surface area contributed by atoms with E-state index in [1.165, 1.54) is 4.57 Å². The lowest BCUT2D eigenvalue weighted by Gasteiger charge is -2.44. The van der Waals surface area contributed by atoms with Crippen LogP contribution in [-0.2, 0) is 20.9 Å². The Balaban J connectivity index is 1.41. The number of piperidine rings is 1. The van der Waals surface area contributed by atoms with E-state index < -0.39 is 5.76 Å². The third-order valence-electron chi connectivity index (χ3n) is 6.21. The number of para-hydroxylation sites is 2. The molecule has 2 fully saturated rings. The third kappa shape index (κ3) is 4.28. The maximum absolute atomic E-state index is 12.9. The molecule has 0 radical (unpaired) electrons. The van der Waals surface area contributed by atoms with Crippen LogP contribution in [0.4, 0.5) is 0 Å². The molecule has 0 aliphatic carbocycles. The van der Waals surface area contributed by atoms with E-state index in [1.807, 2.05) is 28.0 Å². The van der Waals surface area contributed by atoms with Crippen LogP contribution >= 0.6 is 0 Å². The van der Waals surface area contributed by atoms with Gasteiger partial charge in [0.15, 0.2) is 5.58 Å². The van der Waals surface area contributed by atoms with Crippen LogP contribution in [0, 0.1) is 0 Å². The lowest BCUT2D eigenvalue weighted by Crippen LogP contribution is -2.55. The van der Waals surface area contributed by atoms with Gasteiger partial charge >= 0.3 is 5.76 Å². The molecule has 2 aliphatic rings. The number of hydrogen-bond donors (Lipinski definition) is 0. The van der Waals surface area contributed by atoms with Gasteiger partial charge < -0.3 is 19.0 Å². The van der Waals surface area contributed by atoms with Crippen LogP contribution in [0.1, 0.15) is 39.0 Å². The third-order valence-corrected chi connectivity index (χ3v) is 6.21. The Kier molecular flexibility index (Phi) is 6.22. The summed E-state index contributed by atoms with van der Waals surface area (Å²) >= 11 is 0. The van der Waals surface area contributed by atoms with E-state index in [4.69, 9.17) is 9.15 Å². The number of aryl methyl sites for hydroxylation is 1. The minimum absolute atomic E-state index is 0.00682. The molecule has 8 heteroatoms. The lowest BCUT2D eigenvalue weighted by molar-refractivity contribution is -0.142. The Morgan fingerprint density at radius 2 is 1.90 bits per heavy atom. The van der Waals surface area contributed by atoms with E-state index in [0.717, 1.165) is 25.7 Å². The van der Waals surface area contributed by atoms with Crippen molar-refractivity contribution in [2.24, 2.45) is 0 Å². The van der Waals surface area contributed by atoms with Gasteiger partial charge in [-0.05, 0) is 37.8 Å². The van der Waals surface area contributed by atoms with Crippen molar-refractivity contribution in [3.05, 3.63) is 34.8 Å². The van der Waals surface area contributed by atoms with Crippen molar-refractivity contribution in [1.82, 2.24) is 14.4 Å². The van der Waals surface area contributed by atoms with Crippen molar-refractivity contribution < 1.29 is 18.7 Å². The largest absolute Gasteiger partial charge is 0.419 e. The highest BCUT2D eigenvalue weighted by Gasteiger charge is 2.34. The molecule has 30 heavy (non-hydrogen) atoms. The molecule has 2 aromatic rings. The summed E-state index contributed by atoms with van der Waals surface area (Å²) < 4.78 is 12.2. The number of benzene rings is 1. The molecule has 3 heterocycles. The molecule has 0 spiro atoms. The monoisotopic (exact) mass is 415 g/mol. The van der Waals surface area contributed by atoms with Crippen LogP contribution in [0.25, 0.3) is 11.1 Å². The van der Waals surface area contributed by atoms with Gasteiger partial charge in [0, 0.05) is 58.3 Å². The zero-order valence-electron chi connectivity index (χ0n) is 17.4. The van der Waals surface area contributed by atoms with Crippen molar-refractivity contribution in [3.8, 4) is 0 Å². The van der Waals surface area contributed by atoms with Gasteiger partial charge in [-0.1, -0.05) is 12.1 Å². The molecule has 4 rings (SSSR count). The molecule has 1 aromatic heterocycles. The Morgan fingerprint density at radius 1 is 1.13 bits per heavy atom. The molecule has 1 aromatic carbocycles. The first-order chi connectivity index (χ1) is 14.5. The summed E-state index contributed by atoms with van der Waals surface area (Å²) in [4.78, 5) is 41.3. The number of carbonyl (C=O) groups is 2. The van der Waals surface area contributed by atoms with Gasteiger partial charge in [-0.25, -0.2) is 4.79 Å². The zero-order valence-corrected chi connectivity index (χ0v) is 17.4. The number of likely N-dealkylation sites (tertiary alicyclic amines) is 1. The van der Waals surface area contributed by atoms with Gasteiger partial charge in [-0.3, -0.25) is 14.2 Å². The molecule has 2 saturated heterocycles. The van der Waals surface area contributed by atoms with E-state index in [1.54, 1.807) is 13.0 Å². The first-order valence-corrected chi connectivity index (χ1v) is 10.8. The van der Waals surface area contributed by atoms with Crippen molar-refractivity contribution >= 4 is 22.9 Å². The molecule has 0 saturated carbocycles. The minimum atomic E-state index is -0.442. The number of aromatic nitrogens is 1. The fourth-order valence-electron chi connectivity index (χ4n) is 4.78. The molecule has 0 N–H and O–H groups in total. The number of carbonyl (C=O) groups excluding carboxylic acids is 2. The highest BCUT2D eigenvalue weighted by Crippen LogP contribution is 2.24. The van der Waals surface area contributed by atoms with Gasteiger partial charge in [0.2, 0.25) is 11.8 Å². The smallest absolute Gasteiger partial charge is 0.408 e. The number of oxazole rings is 1.